The molecule has 1 heterocycles. The number of hydrogen-bond acceptors (Lipinski definition) is 3. The van der Waals surface area contributed by atoms with Crippen molar-refractivity contribution in [1.82, 2.24) is 0 Å². The van der Waals surface area contributed by atoms with Gasteiger partial charge in [-0.2, -0.15) is 0 Å². The van der Waals surface area contributed by atoms with Crippen LogP contribution in [0.1, 0.15) is 24.2 Å². The molecule has 3 rings (SSSR count). The molecule has 0 atom stereocenters. The quantitative estimate of drug-likeness (QED) is 0.873. The predicted octanol–water partition coefficient (Wildman–Crippen LogP) is 3.57. The number of anilines is 2. The lowest BCUT2D eigenvalue weighted by Crippen LogP contribution is -2.33. The Labute approximate surface area is 143 Å². The zero-order valence-electron chi connectivity index (χ0n) is 13.7. The number of ether oxygens (including phenoxy) is 1. The molecule has 2 aromatic rings. The molecule has 0 saturated carbocycles. The Morgan fingerprint density at radius 3 is 2.64 bits per heavy atom. The minimum absolute atomic E-state index is 0.0100. The SMILES string of the molecule is CC1(C)COc2cc(NC(=O)c3ccc(F)c(F)c3)ccc2NC1=O. The van der Waals surface area contributed by atoms with E-state index in [9.17, 15) is 18.4 Å². The molecule has 2 N–H and O–H groups in total. The molecule has 0 bridgehead atoms. The molecular formula is C18H16F2N2O3. The lowest BCUT2D eigenvalue weighted by molar-refractivity contribution is -0.124. The largest absolute Gasteiger partial charge is 0.490 e. The van der Waals surface area contributed by atoms with Gasteiger partial charge in [0.2, 0.25) is 5.91 Å². The van der Waals surface area contributed by atoms with Crippen LogP contribution in [-0.2, 0) is 4.79 Å². The number of benzene rings is 2. The Morgan fingerprint density at radius 2 is 1.92 bits per heavy atom. The molecule has 0 spiro atoms. The Kier molecular flexibility index (Phi) is 4.16. The van der Waals surface area contributed by atoms with Gasteiger partial charge in [-0.05, 0) is 44.2 Å². The molecule has 0 aliphatic carbocycles. The third kappa shape index (κ3) is 3.45. The Morgan fingerprint density at radius 1 is 1.16 bits per heavy atom. The highest BCUT2D eigenvalue weighted by molar-refractivity contribution is 6.05. The minimum atomic E-state index is -1.09. The lowest BCUT2D eigenvalue weighted by Gasteiger charge is -2.18. The van der Waals surface area contributed by atoms with Crippen LogP contribution in [0, 0.1) is 17.0 Å². The summed E-state index contributed by atoms with van der Waals surface area (Å²) in [7, 11) is 0. The van der Waals surface area contributed by atoms with Crippen molar-refractivity contribution in [2.45, 2.75) is 13.8 Å². The van der Waals surface area contributed by atoms with Crippen LogP contribution in [0.15, 0.2) is 36.4 Å². The first-order valence-electron chi connectivity index (χ1n) is 7.61. The van der Waals surface area contributed by atoms with E-state index >= 15 is 0 Å². The number of nitrogens with one attached hydrogen (secondary N) is 2. The summed E-state index contributed by atoms with van der Waals surface area (Å²) in [5, 5.41) is 5.36. The van der Waals surface area contributed by atoms with Gasteiger partial charge in [-0.15, -0.1) is 0 Å². The molecule has 5 nitrogen and oxygen atoms in total. The number of rotatable bonds is 2. The number of hydrogen-bond donors (Lipinski definition) is 2. The van der Waals surface area contributed by atoms with E-state index in [0.29, 0.717) is 17.1 Å². The molecule has 0 fully saturated rings. The molecule has 2 aromatic carbocycles. The Bertz CT molecular complexity index is 865. The summed E-state index contributed by atoms with van der Waals surface area (Å²) in [6.07, 6.45) is 0. The average molecular weight is 346 g/mol. The normalized spacial score (nSPS) is 15.4. The maximum atomic E-state index is 13.2. The second-order valence-corrected chi connectivity index (χ2v) is 6.42. The van der Waals surface area contributed by atoms with Crippen LogP contribution in [-0.4, -0.2) is 18.4 Å². The summed E-state index contributed by atoms with van der Waals surface area (Å²) >= 11 is 0. The fourth-order valence-electron chi connectivity index (χ4n) is 2.28. The van der Waals surface area contributed by atoms with Crippen molar-refractivity contribution in [3.8, 4) is 5.75 Å². The van der Waals surface area contributed by atoms with Crippen molar-refractivity contribution in [1.29, 1.82) is 0 Å². The minimum Gasteiger partial charge on any atom is -0.490 e. The van der Waals surface area contributed by atoms with E-state index in [4.69, 9.17) is 4.74 Å². The van der Waals surface area contributed by atoms with Crippen molar-refractivity contribution in [3.05, 3.63) is 53.6 Å². The van der Waals surface area contributed by atoms with Gasteiger partial charge in [0.05, 0.1) is 11.1 Å². The van der Waals surface area contributed by atoms with E-state index in [2.05, 4.69) is 10.6 Å². The third-order valence-corrected chi connectivity index (χ3v) is 3.87. The Hall–Kier alpha value is -2.96. The fourth-order valence-corrected chi connectivity index (χ4v) is 2.28. The molecule has 25 heavy (non-hydrogen) atoms. The van der Waals surface area contributed by atoms with Crippen LogP contribution in [0.4, 0.5) is 20.2 Å². The van der Waals surface area contributed by atoms with Crippen molar-refractivity contribution >= 4 is 23.2 Å². The topological polar surface area (TPSA) is 67.4 Å². The zero-order chi connectivity index (χ0) is 18.2. The molecule has 0 unspecified atom stereocenters. The molecular weight excluding hydrogens is 330 g/mol. The molecule has 0 aromatic heterocycles. The van der Waals surface area contributed by atoms with E-state index in [-0.39, 0.29) is 18.1 Å². The fraction of sp³-hybridized carbons (Fsp3) is 0.222. The first-order valence-corrected chi connectivity index (χ1v) is 7.61. The maximum absolute atomic E-state index is 13.2. The van der Waals surface area contributed by atoms with Gasteiger partial charge in [-0.3, -0.25) is 9.59 Å². The second kappa shape index (κ2) is 6.16. The molecule has 7 heteroatoms. The van der Waals surface area contributed by atoms with Gasteiger partial charge in [0, 0.05) is 17.3 Å². The number of fused-ring (bicyclic) bond motifs is 1. The van der Waals surface area contributed by atoms with Gasteiger partial charge < -0.3 is 15.4 Å². The predicted molar refractivity (Wildman–Crippen MR) is 88.7 cm³/mol. The third-order valence-electron chi connectivity index (χ3n) is 3.87. The smallest absolute Gasteiger partial charge is 0.255 e. The maximum Gasteiger partial charge on any atom is 0.255 e. The summed E-state index contributed by atoms with van der Waals surface area (Å²) in [5.41, 5.74) is 0.210. The first kappa shape index (κ1) is 16.9. The standard InChI is InChI=1S/C18H16F2N2O3/c1-18(2)9-25-15-8-11(4-6-14(15)22-17(18)24)21-16(23)10-3-5-12(19)13(20)7-10/h3-8H,9H2,1-2H3,(H,21,23)(H,22,24). The van der Waals surface area contributed by atoms with Crippen molar-refractivity contribution in [2.75, 3.05) is 17.2 Å². The zero-order valence-corrected chi connectivity index (χ0v) is 13.7. The van der Waals surface area contributed by atoms with E-state index in [1.54, 1.807) is 32.0 Å². The number of halogens is 2. The summed E-state index contributed by atoms with van der Waals surface area (Å²) in [4.78, 5) is 24.2. The molecule has 130 valence electrons. The van der Waals surface area contributed by atoms with E-state index in [1.165, 1.54) is 6.07 Å². The summed E-state index contributed by atoms with van der Waals surface area (Å²) in [6.45, 7) is 3.71. The molecule has 1 aliphatic heterocycles. The lowest BCUT2D eigenvalue weighted by atomic mass is 9.94. The monoisotopic (exact) mass is 346 g/mol. The van der Waals surface area contributed by atoms with Crippen LogP contribution in [0.25, 0.3) is 0 Å². The number of amides is 2. The first-order chi connectivity index (χ1) is 11.8. The molecule has 1 aliphatic rings. The Balaban J connectivity index is 1.81. The van der Waals surface area contributed by atoms with E-state index in [1.807, 2.05) is 0 Å². The summed E-state index contributed by atoms with van der Waals surface area (Å²) in [6, 6.07) is 7.66. The summed E-state index contributed by atoms with van der Waals surface area (Å²) in [5.74, 6) is -2.44. The number of carbonyl (C=O) groups excluding carboxylic acids is 2. The van der Waals surface area contributed by atoms with Crippen LogP contribution >= 0.6 is 0 Å². The van der Waals surface area contributed by atoms with Crippen LogP contribution in [0.3, 0.4) is 0 Å². The molecule has 0 saturated heterocycles. The van der Waals surface area contributed by atoms with Crippen LogP contribution < -0.4 is 15.4 Å². The van der Waals surface area contributed by atoms with Gasteiger partial charge in [0.15, 0.2) is 11.6 Å². The number of carbonyl (C=O) groups is 2. The second-order valence-electron chi connectivity index (χ2n) is 6.42. The van der Waals surface area contributed by atoms with Gasteiger partial charge >= 0.3 is 0 Å². The highest BCUT2D eigenvalue weighted by Gasteiger charge is 2.32. The van der Waals surface area contributed by atoms with Crippen molar-refractivity contribution in [3.63, 3.8) is 0 Å². The van der Waals surface area contributed by atoms with Crippen molar-refractivity contribution < 1.29 is 23.1 Å². The van der Waals surface area contributed by atoms with Crippen molar-refractivity contribution in [2.24, 2.45) is 5.41 Å². The average Bonchev–Trinajstić information content (AvgIpc) is 2.67. The summed E-state index contributed by atoms with van der Waals surface area (Å²) < 4.78 is 31.8. The van der Waals surface area contributed by atoms with Gasteiger partial charge in [-0.25, -0.2) is 8.78 Å². The molecule has 0 radical (unpaired) electrons. The van der Waals surface area contributed by atoms with E-state index < -0.39 is 23.0 Å². The highest BCUT2D eigenvalue weighted by Crippen LogP contribution is 2.34. The molecule has 2 amide bonds. The van der Waals surface area contributed by atoms with E-state index in [0.717, 1.165) is 12.1 Å². The van der Waals surface area contributed by atoms with Gasteiger partial charge in [-0.1, -0.05) is 0 Å². The van der Waals surface area contributed by atoms with Gasteiger partial charge in [0.25, 0.3) is 5.91 Å². The van der Waals surface area contributed by atoms with Gasteiger partial charge in [0.1, 0.15) is 12.4 Å². The van der Waals surface area contributed by atoms with Crippen LogP contribution in [0.5, 0.6) is 5.75 Å². The van der Waals surface area contributed by atoms with Crippen LogP contribution in [0.2, 0.25) is 0 Å². The highest BCUT2D eigenvalue weighted by atomic mass is 19.2.